The number of sulfonamides is 1. The average molecular weight is 365 g/mol. The fraction of sp³-hybridized carbons (Fsp3) is 0.611. The zero-order chi connectivity index (χ0) is 18.2. The summed E-state index contributed by atoms with van der Waals surface area (Å²) in [7, 11) is -1.57. The van der Waals surface area contributed by atoms with Gasteiger partial charge in [0.25, 0.3) is 5.91 Å². The molecule has 2 aliphatic rings. The molecule has 0 unspecified atom stereocenters. The quantitative estimate of drug-likeness (QED) is 0.796. The fourth-order valence-corrected chi connectivity index (χ4v) is 4.76. The van der Waals surface area contributed by atoms with Crippen LogP contribution in [0.15, 0.2) is 29.2 Å². The number of rotatable bonds is 5. The molecular formula is C18H27N3O3S. The summed E-state index contributed by atoms with van der Waals surface area (Å²) in [5, 5.41) is 0. The molecule has 25 heavy (non-hydrogen) atoms. The van der Waals surface area contributed by atoms with Crippen LogP contribution in [0.2, 0.25) is 0 Å². The highest BCUT2D eigenvalue weighted by Crippen LogP contribution is 2.30. The van der Waals surface area contributed by atoms with Crippen molar-refractivity contribution in [2.75, 3.05) is 33.2 Å². The zero-order valence-corrected chi connectivity index (χ0v) is 16.0. The Kier molecular flexibility index (Phi) is 5.18. The fourth-order valence-electron chi connectivity index (χ4n) is 3.29. The van der Waals surface area contributed by atoms with Crippen LogP contribution in [-0.2, 0) is 10.0 Å². The summed E-state index contributed by atoms with van der Waals surface area (Å²) < 4.78 is 27.3. The van der Waals surface area contributed by atoms with Gasteiger partial charge in [-0.1, -0.05) is 6.07 Å². The van der Waals surface area contributed by atoms with Crippen LogP contribution in [0.1, 0.15) is 37.0 Å². The standard InChI is InChI=1S/C18H27N3O3S/c1-14(2)21(16-7-8-16)18(22)15-5-4-6-17(13-15)25(23,24)20-11-9-19(3)10-12-20/h4-6,13-14,16H,7-12H2,1-3H3. The van der Waals surface area contributed by atoms with Gasteiger partial charge in [0.15, 0.2) is 0 Å². The van der Waals surface area contributed by atoms with Crippen molar-refractivity contribution in [3.8, 4) is 0 Å². The Morgan fingerprint density at radius 3 is 2.36 bits per heavy atom. The Morgan fingerprint density at radius 1 is 1.16 bits per heavy atom. The lowest BCUT2D eigenvalue weighted by molar-refractivity contribution is 0.0690. The van der Waals surface area contributed by atoms with Crippen molar-refractivity contribution >= 4 is 15.9 Å². The number of likely N-dealkylation sites (N-methyl/N-ethyl adjacent to an activating group) is 1. The summed E-state index contributed by atoms with van der Waals surface area (Å²) in [6.07, 6.45) is 2.06. The second-order valence-corrected chi connectivity index (χ2v) is 9.21. The van der Waals surface area contributed by atoms with Crippen LogP contribution in [0.3, 0.4) is 0 Å². The third-order valence-corrected chi connectivity index (χ3v) is 6.81. The van der Waals surface area contributed by atoms with E-state index < -0.39 is 10.0 Å². The van der Waals surface area contributed by atoms with Crippen molar-refractivity contribution in [1.82, 2.24) is 14.1 Å². The average Bonchev–Trinajstić information content (AvgIpc) is 3.40. The zero-order valence-electron chi connectivity index (χ0n) is 15.2. The van der Waals surface area contributed by atoms with E-state index in [1.165, 1.54) is 10.4 Å². The molecule has 0 atom stereocenters. The van der Waals surface area contributed by atoms with Gasteiger partial charge in [0, 0.05) is 43.8 Å². The molecule has 1 heterocycles. The van der Waals surface area contributed by atoms with Crippen LogP contribution in [0, 0.1) is 0 Å². The topological polar surface area (TPSA) is 60.9 Å². The molecule has 1 amide bonds. The van der Waals surface area contributed by atoms with Crippen molar-refractivity contribution < 1.29 is 13.2 Å². The summed E-state index contributed by atoms with van der Waals surface area (Å²) in [5.74, 6) is -0.0760. The molecule has 1 aromatic rings. The maximum absolute atomic E-state index is 12.9. The molecule has 0 spiro atoms. The maximum Gasteiger partial charge on any atom is 0.254 e. The third-order valence-electron chi connectivity index (χ3n) is 4.91. The predicted octanol–water partition coefficient (Wildman–Crippen LogP) is 1.64. The van der Waals surface area contributed by atoms with Crippen LogP contribution < -0.4 is 0 Å². The Morgan fingerprint density at radius 2 is 1.80 bits per heavy atom. The van der Waals surface area contributed by atoms with Crippen LogP contribution in [-0.4, -0.2) is 73.7 Å². The van der Waals surface area contributed by atoms with Gasteiger partial charge in [-0.05, 0) is 51.9 Å². The Balaban J connectivity index is 1.84. The number of hydrogen-bond donors (Lipinski definition) is 0. The first-order valence-electron chi connectivity index (χ1n) is 8.92. The van der Waals surface area contributed by atoms with Crippen LogP contribution in [0.25, 0.3) is 0 Å². The third kappa shape index (κ3) is 3.88. The first-order chi connectivity index (χ1) is 11.8. The number of hydrogen-bond acceptors (Lipinski definition) is 4. The lowest BCUT2D eigenvalue weighted by Gasteiger charge is -2.31. The summed E-state index contributed by atoms with van der Waals surface area (Å²) in [6.45, 7) is 6.41. The number of carbonyl (C=O) groups excluding carboxylic acids is 1. The second kappa shape index (κ2) is 7.05. The molecule has 1 aliphatic heterocycles. The van der Waals surface area contributed by atoms with Crippen molar-refractivity contribution in [3.63, 3.8) is 0 Å². The summed E-state index contributed by atoms with van der Waals surface area (Å²) in [6, 6.07) is 6.91. The van der Waals surface area contributed by atoms with E-state index in [2.05, 4.69) is 4.90 Å². The number of amides is 1. The first-order valence-corrected chi connectivity index (χ1v) is 10.4. The van der Waals surface area contributed by atoms with Gasteiger partial charge in [-0.2, -0.15) is 4.31 Å². The van der Waals surface area contributed by atoms with Gasteiger partial charge >= 0.3 is 0 Å². The minimum atomic E-state index is -3.56. The molecule has 138 valence electrons. The SMILES string of the molecule is CC(C)N(C(=O)c1cccc(S(=O)(=O)N2CCN(C)CC2)c1)C1CC1. The van der Waals surface area contributed by atoms with Crippen LogP contribution in [0.4, 0.5) is 0 Å². The molecule has 0 N–H and O–H groups in total. The summed E-state index contributed by atoms with van der Waals surface area (Å²) in [4.78, 5) is 17.1. The van der Waals surface area contributed by atoms with E-state index >= 15 is 0 Å². The largest absolute Gasteiger partial charge is 0.333 e. The van der Waals surface area contributed by atoms with E-state index in [1.54, 1.807) is 18.2 Å². The minimum Gasteiger partial charge on any atom is -0.333 e. The molecule has 6 nitrogen and oxygen atoms in total. The van der Waals surface area contributed by atoms with E-state index in [1.807, 2.05) is 25.8 Å². The van der Waals surface area contributed by atoms with Gasteiger partial charge in [0.1, 0.15) is 0 Å². The van der Waals surface area contributed by atoms with E-state index in [9.17, 15) is 13.2 Å². The Labute approximate surface area is 150 Å². The molecule has 0 radical (unpaired) electrons. The molecule has 3 rings (SSSR count). The van der Waals surface area contributed by atoms with E-state index in [0.29, 0.717) is 24.7 Å². The molecule has 1 saturated heterocycles. The van der Waals surface area contributed by atoms with E-state index in [0.717, 1.165) is 25.9 Å². The molecule has 2 fully saturated rings. The van der Waals surface area contributed by atoms with Gasteiger partial charge in [-0.25, -0.2) is 8.42 Å². The summed E-state index contributed by atoms with van der Waals surface area (Å²) in [5.41, 5.74) is 0.454. The molecule has 0 aromatic heterocycles. The first kappa shape index (κ1) is 18.4. The highest BCUT2D eigenvalue weighted by atomic mass is 32.2. The highest BCUT2D eigenvalue weighted by molar-refractivity contribution is 7.89. The van der Waals surface area contributed by atoms with Gasteiger partial charge in [0.05, 0.1) is 4.90 Å². The lowest BCUT2D eigenvalue weighted by atomic mass is 10.1. The van der Waals surface area contributed by atoms with Crippen LogP contribution in [0.5, 0.6) is 0 Å². The molecule has 1 saturated carbocycles. The Bertz CT molecular complexity index is 734. The van der Waals surface area contributed by atoms with Crippen LogP contribution >= 0.6 is 0 Å². The normalized spacial score (nSPS) is 20.0. The molecule has 1 aromatic carbocycles. The smallest absolute Gasteiger partial charge is 0.254 e. The maximum atomic E-state index is 12.9. The lowest BCUT2D eigenvalue weighted by Crippen LogP contribution is -2.47. The molecule has 0 bridgehead atoms. The van der Waals surface area contributed by atoms with Gasteiger partial charge in [0.2, 0.25) is 10.0 Å². The number of nitrogens with zero attached hydrogens (tertiary/aromatic N) is 3. The van der Waals surface area contributed by atoms with Crippen molar-refractivity contribution in [2.24, 2.45) is 0 Å². The predicted molar refractivity (Wildman–Crippen MR) is 97.0 cm³/mol. The highest BCUT2D eigenvalue weighted by Gasteiger charge is 2.35. The number of carbonyl (C=O) groups is 1. The summed E-state index contributed by atoms with van der Waals surface area (Å²) >= 11 is 0. The molecule has 7 heteroatoms. The monoisotopic (exact) mass is 365 g/mol. The Hall–Kier alpha value is -1.44. The van der Waals surface area contributed by atoms with Gasteiger partial charge in [-0.15, -0.1) is 0 Å². The number of piperazine rings is 1. The minimum absolute atomic E-state index is 0.0760. The molecular weight excluding hydrogens is 338 g/mol. The second-order valence-electron chi connectivity index (χ2n) is 7.27. The van der Waals surface area contributed by atoms with E-state index in [-0.39, 0.29) is 16.8 Å². The van der Waals surface area contributed by atoms with Crippen molar-refractivity contribution in [1.29, 1.82) is 0 Å². The van der Waals surface area contributed by atoms with Gasteiger partial charge < -0.3 is 9.80 Å². The van der Waals surface area contributed by atoms with E-state index in [4.69, 9.17) is 0 Å². The van der Waals surface area contributed by atoms with Crippen molar-refractivity contribution in [2.45, 2.75) is 43.7 Å². The molecule has 1 aliphatic carbocycles. The number of benzene rings is 1. The van der Waals surface area contributed by atoms with Crippen molar-refractivity contribution in [3.05, 3.63) is 29.8 Å². The van der Waals surface area contributed by atoms with Gasteiger partial charge in [-0.3, -0.25) is 4.79 Å².